The van der Waals surface area contributed by atoms with Gasteiger partial charge in [0.25, 0.3) is 0 Å². The molecule has 1 amide bonds. The quantitative estimate of drug-likeness (QED) is 0.268. The fraction of sp³-hybridized carbons (Fsp3) is 0.682. The average molecular weight is 453 g/mol. The van der Waals surface area contributed by atoms with Gasteiger partial charge in [-0.1, -0.05) is 52.4 Å². The van der Waals surface area contributed by atoms with Gasteiger partial charge >= 0.3 is 18.4 Å². The van der Waals surface area contributed by atoms with Crippen molar-refractivity contribution < 1.29 is 35.9 Å². The number of alkyl halides is 6. The maximum Gasteiger partial charge on any atom is 0.416 e. The van der Waals surface area contributed by atoms with Crippen LogP contribution in [0.1, 0.15) is 87.9 Å². The lowest BCUT2D eigenvalue weighted by molar-refractivity contribution is -0.143. The van der Waals surface area contributed by atoms with E-state index < -0.39 is 35.6 Å². The summed E-state index contributed by atoms with van der Waals surface area (Å²) in [6, 6.07) is 0.218. The lowest BCUT2D eigenvalue weighted by Gasteiger charge is -2.31. The highest BCUT2D eigenvalue weighted by Crippen LogP contribution is 2.40. The number of carbonyl (C=O) groups excluding carboxylic acids is 1. The van der Waals surface area contributed by atoms with Crippen molar-refractivity contribution in [3.63, 3.8) is 0 Å². The Hall–Kier alpha value is -1.93. The summed E-state index contributed by atoms with van der Waals surface area (Å²) in [5.74, 6) is 0. The molecule has 0 saturated carbocycles. The predicted octanol–water partition coefficient (Wildman–Crippen LogP) is 7.75. The van der Waals surface area contributed by atoms with Gasteiger partial charge in [0.05, 0.1) is 23.2 Å². The van der Waals surface area contributed by atoms with E-state index in [0.29, 0.717) is 18.6 Å². The third-order valence-electron chi connectivity index (χ3n) is 5.61. The van der Waals surface area contributed by atoms with Crippen LogP contribution in [0, 0.1) is 0 Å². The van der Waals surface area contributed by atoms with E-state index in [-0.39, 0.29) is 30.7 Å². The van der Waals surface area contributed by atoms with Crippen molar-refractivity contribution in [3.8, 4) is 0 Å². The maximum absolute atomic E-state index is 13.3. The molecule has 0 spiro atoms. The Bertz CT molecular complexity index is 699. The second-order valence-corrected chi connectivity index (χ2v) is 7.96. The Morgan fingerprint density at radius 1 is 0.935 bits per heavy atom. The van der Waals surface area contributed by atoms with Crippen molar-refractivity contribution in [2.24, 2.45) is 0 Å². The molecule has 2 rings (SSSR count). The Morgan fingerprint density at radius 3 is 2.00 bits per heavy atom. The van der Waals surface area contributed by atoms with Gasteiger partial charge in [0.1, 0.15) is 6.61 Å². The van der Waals surface area contributed by atoms with Gasteiger partial charge in [0.2, 0.25) is 0 Å². The van der Waals surface area contributed by atoms with Gasteiger partial charge in [-0.3, -0.25) is 4.90 Å². The van der Waals surface area contributed by atoms with Crippen LogP contribution in [-0.2, 0) is 17.1 Å². The zero-order valence-corrected chi connectivity index (χ0v) is 17.8. The average Bonchev–Trinajstić information content (AvgIpc) is 3.04. The molecule has 0 aromatic heterocycles. The monoisotopic (exact) mass is 453 g/mol. The first-order chi connectivity index (χ1) is 14.5. The molecule has 0 radical (unpaired) electrons. The highest BCUT2D eigenvalue weighted by atomic mass is 19.4. The number of amides is 1. The van der Waals surface area contributed by atoms with Crippen LogP contribution in [-0.4, -0.2) is 23.6 Å². The molecule has 1 aliphatic rings. The van der Waals surface area contributed by atoms with Gasteiger partial charge < -0.3 is 4.74 Å². The number of carbonyl (C=O) groups is 1. The number of nitrogens with zero attached hydrogens (tertiary/aromatic N) is 1. The molecule has 0 N–H and O–H groups in total. The molecule has 0 bridgehead atoms. The molecule has 1 aromatic rings. The molecule has 0 aliphatic carbocycles. The number of hydrogen-bond acceptors (Lipinski definition) is 2. The first-order valence-corrected chi connectivity index (χ1v) is 10.7. The van der Waals surface area contributed by atoms with Crippen LogP contribution in [0.4, 0.5) is 31.1 Å². The Balaban J connectivity index is 2.26. The predicted molar refractivity (Wildman–Crippen MR) is 104 cm³/mol. The minimum Gasteiger partial charge on any atom is -0.447 e. The third kappa shape index (κ3) is 6.77. The molecule has 176 valence electrons. The van der Waals surface area contributed by atoms with E-state index in [2.05, 4.69) is 6.92 Å². The van der Waals surface area contributed by atoms with Crippen LogP contribution in [0.3, 0.4) is 0 Å². The molecule has 1 aliphatic heterocycles. The number of hydrogen-bond donors (Lipinski definition) is 0. The highest BCUT2D eigenvalue weighted by molar-refractivity contribution is 5.71. The highest BCUT2D eigenvalue weighted by Gasteiger charge is 2.41. The Labute approximate surface area is 178 Å². The standard InChI is InChI=1S/C22H29F6NO2/c1-3-5-6-7-8-9-10-18-14-31-20(30)29(18)19(4-2)15-11-16(21(23,24)25)13-17(12-15)22(26,27)28/h11-13,18-19H,3-10,14H2,1-2H3. The lowest BCUT2D eigenvalue weighted by atomic mass is 9.95. The van der Waals surface area contributed by atoms with E-state index in [1.807, 2.05) is 0 Å². The number of ether oxygens (including phenoxy) is 1. The Morgan fingerprint density at radius 2 is 1.48 bits per heavy atom. The molecule has 2 unspecified atom stereocenters. The van der Waals surface area contributed by atoms with Crippen molar-refractivity contribution in [2.45, 2.75) is 89.7 Å². The summed E-state index contributed by atoms with van der Waals surface area (Å²) < 4.78 is 84.6. The topological polar surface area (TPSA) is 29.5 Å². The van der Waals surface area contributed by atoms with E-state index in [0.717, 1.165) is 38.5 Å². The van der Waals surface area contributed by atoms with Gasteiger partial charge in [0.15, 0.2) is 0 Å². The minimum absolute atomic E-state index is 0.0926. The van der Waals surface area contributed by atoms with Gasteiger partial charge in [-0.2, -0.15) is 26.3 Å². The zero-order chi connectivity index (χ0) is 23.2. The van der Waals surface area contributed by atoms with Gasteiger partial charge in [0, 0.05) is 0 Å². The number of unbranched alkanes of at least 4 members (excludes halogenated alkanes) is 5. The smallest absolute Gasteiger partial charge is 0.416 e. The van der Waals surface area contributed by atoms with E-state index in [4.69, 9.17) is 4.74 Å². The van der Waals surface area contributed by atoms with E-state index >= 15 is 0 Å². The van der Waals surface area contributed by atoms with Crippen LogP contribution in [0.5, 0.6) is 0 Å². The van der Waals surface area contributed by atoms with Crippen molar-refractivity contribution in [1.29, 1.82) is 0 Å². The number of rotatable bonds is 10. The Kier molecular flexibility index (Phi) is 8.65. The fourth-order valence-electron chi connectivity index (χ4n) is 4.00. The zero-order valence-electron chi connectivity index (χ0n) is 17.8. The minimum atomic E-state index is -4.93. The second kappa shape index (κ2) is 10.6. The molecule has 2 atom stereocenters. The molecule has 1 fully saturated rings. The lowest BCUT2D eigenvalue weighted by Crippen LogP contribution is -2.37. The number of cyclic esters (lactones) is 1. The normalized spacial score (nSPS) is 18.4. The summed E-state index contributed by atoms with van der Waals surface area (Å²) in [6.45, 7) is 3.84. The van der Waals surface area contributed by atoms with Crippen LogP contribution in [0.15, 0.2) is 18.2 Å². The molecular formula is C22H29F6NO2. The van der Waals surface area contributed by atoms with E-state index in [1.165, 1.54) is 4.90 Å². The summed E-state index contributed by atoms with van der Waals surface area (Å²) in [7, 11) is 0. The van der Waals surface area contributed by atoms with Crippen molar-refractivity contribution in [1.82, 2.24) is 4.90 Å². The number of halogens is 6. The summed E-state index contributed by atoms with van der Waals surface area (Å²) in [4.78, 5) is 13.7. The molecule has 9 heteroatoms. The van der Waals surface area contributed by atoms with Crippen LogP contribution in [0.2, 0.25) is 0 Å². The van der Waals surface area contributed by atoms with Gasteiger partial charge in [-0.05, 0) is 36.6 Å². The van der Waals surface area contributed by atoms with E-state index in [9.17, 15) is 31.1 Å². The van der Waals surface area contributed by atoms with Gasteiger partial charge in [-0.25, -0.2) is 4.79 Å². The maximum atomic E-state index is 13.3. The first-order valence-electron chi connectivity index (χ1n) is 10.7. The van der Waals surface area contributed by atoms with Crippen molar-refractivity contribution in [2.75, 3.05) is 6.61 Å². The fourth-order valence-corrected chi connectivity index (χ4v) is 4.00. The van der Waals surface area contributed by atoms with Crippen LogP contribution >= 0.6 is 0 Å². The third-order valence-corrected chi connectivity index (χ3v) is 5.61. The molecule has 1 saturated heterocycles. The SMILES string of the molecule is CCCCCCCCC1COC(=O)N1C(CC)c1cc(C(F)(F)F)cc(C(F)(F)F)c1. The van der Waals surface area contributed by atoms with E-state index in [1.54, 1.807) is 6.92 Å². The molecular weight excluding hydrogens is 424 g/mol. The van der Waals surface area contributed by atoms with Gasteiger partial charge in [-0.15, -0.1) is 0 Å². The first kappa shape index (κ1) is 25.3. The second-order valence-electron chi connectivity index (χ2n) is 7.96. The molecule has 3 nitrogen and oxygen atoms in total. The summed E-state index contributed by atoms with van der Waals surface area (Å²) in [5.41, 5.74) is -2.94. The summed E-state index contributed by atoms with van der Waals surface area (Å²) in [6.07, 6.45) is -3.60. The van der Waals surface area contributed by atoms with Crippen LogP contribution in [0.25, 0.3) is 0 Å². The van der Waals surface area contributed by atoms with Crippen LogP contribution < -0.4 is 0 Å². The largest absolute Gasteiger partial charge is 0.447 e. The molecule has 1 heterocycles. The van der Waals surface area contributed by atoms with Crippen molar-refractivity contribution >= 4 is 6.09 Å². The molecule has 1 aromatic carbocycles. The summed E-state index contributed by atoms with van der Waals surface area (Å²) >= 11 is 0. The summed E-state index contributed by atoms with van der Waals surface area (Å²) in [5, 5.41) is 0. The number of benzene rings is 1. The molecule has 31 heavy (non-hydrogen) atoms. The van der Waals surface area contributed by atoms with Crippen molar-refractivity contribution in [3.05, 3.63) is 34.9 Å².